The minimum absolute atomic E-state index is 0.262. The molecule has 0 spiro atoms. The van der Waals surface area contributed by atoms with Crippen molar-refractivity contribution in [3.8, 4) is 18.2 Å². The zero-order chi connectivity index (χ0) is 61.4. The number of anilines is 3. The van der Waals surface area contributed by atoms with Crippen molar-refractivity contribution in [3.05, 3.63) is 229 Å². The summed E-state index contributed by atoms with van der Waals surface area (Å²) in [6.45, 7) is 19.9. The topological polar surface area (TPSA) is 81.1 Å². The lowest BCUT2D eigenvalue weighted by Crippen LogP contribution is -2.25. The molecule has 444 valence electrons. The van der Waals surface area contributed by atoms with Gasteiger partial charge in [-0.15, -0.1) is 0 Å². The van der Waals surface area contributed by atoms with Crippen LogP contribution in [0.2, 0.25) is 0 Å². The van der Waals surface area contributed by atoms with E-state index in [1.807, 2.05) is 72.9 Å². The molecule has 0 aliphatic heterocycles. The molecule has 6 heteroatoms. The van der Waals surface area contributed by atoms with Crippen molar-refractivity contribution in [2.24, 2.45) is 0 Å². The minimum atomic E-state index is 0.262. The summed E-state index contributed by atoms with van der Waals surface area (Å²) >= 11 is 0. The number of nitrogens with zero attached hydrogens (tertiary/aromatic N) is 6. The summed E-state index contributed by atoms with van der Waals surface area (Å²) in [6, 6.07) is 58.5. The van der Waals surface area contributed by atoms with Gasteiger partial charge in [0.05, 0.1) is 16.7 Å². The first-order chi connectivity index (χ1) is 42.7. The van der Waals surface area contributed by atoms with E-state index in [1.54, 1.807) is 0 Å². The van der Waals surface area contributed by atoms with Gasteiger partial charge in [0.2, 0.25) is 0 Å². The Morgan fingerprint density at radius 3 is 0.540 bits per heavy atom. The number of benzene rings is 7. The molecule has 7 aromatic rings. The largest absolute Gasteiger partial charge is 0.372 e. The molecule has 0 saturated carbocycles. The Hall–Kier alpha value is -9.15. The summed E-state index contributed by atoms with van der Waals surface area (Å²) in [6.07, 6.45) is 38.3. The Bertz CT molecular complexity index is 3110. The van der Waals surface area contributed by atoms with Crippen LogP contribution >= 0.6 is 0 Å². The maximum Gasteiger partial charge on any atom is 0.100 e. The van der Waals surface area contributed by atoms with Gasteiger partial charge in [0.15, 0.2) is 0 Å². The first kappa shape index (κ1) is 65.4. The lowest BCUT2D eigenvalue weighted by molar-refractivity contribution is 0.678. The maximum atomic E-state index is 11.0. The average molecular weight is 1150 g/mol. The zero-order valence-electron chi connectivity index (χ0n) is 52.7. The summed E-state index contributed by atoms with van der Waals surface area (Å²) in [7, 11) is 0. The van der Waals surface area contributed by atoms with Gasteiger partial charge < -0.3 is 14.7 Å². The van der Waals surface area contributed by atoms with Crippen LogP contribution in [0.5, 0.6) is 0 Å². The molecule has 0 heterocycles. The van der Waals surface area contributed by atoms with Crippen LogP contribution in [0, 0.1) is 34.0 Å². The van der Waals surface area contributed by atoms with Crippen molar-refractivity contribution in [2.45, 2.75) is 119 Å². The van der Waals surface area contributed by atoms with Gasteiger partial charge in [0, 0.05) is 73.0 Å². The average Bonchev–Trinajstić information content (AvgIpc) is 1.54. The van der Waals surface area contributed by atoms with E-state index in [1.165, 1.54) is 94.1 Å². The highest BCUT2D eigenvalue weighted by atomic mass is 15.1. The Kier molecular flexibility index (Phi) is 27.0. The predicted octanol–water partition coefficient (Wildman–Crippen LogP) is 21.5. The smallest absolute Gasteiger partial charge is 0.100 e. The van der Waals surface area contributed by atoms with Crippen LogP contribution < -0.4 is 14.7 Å². The molecule has 0 aromatic heterocycles. The predicted molar refractivity (Wildman–Crippen MR) is 379 cm³/mol. The molecule has 87 heavy (non-hydrogen) atoms. The number of nitriles is 3. The fourth-order valence-corrected chi connectivity index (χ4v) is 10.5. The highest BCUT2D eigenvalue weighted by Crippen LogP contribution is 2.33. The van der Waals surface area contributed by atoms with E-state index in [4.69, 9.17) is 0 Å². The standard InChI is InChI=1S/C81H90N6/c1-7-13-55-85(56-14-8-2)73-46-37-70(38-47-73)34-25-64-19-28-67(29-20-64)43-52-76-79(61-82)77(53-44-68-30-21-65(22-31-68)26-35-71-39-48-74(49-40-71)86(57-15-9-3)58-16-10-4)81(63-84)78(80(76)62-83)54-45-69-32-23-66(24-33-69)27-36-72-41-50-75(51-42-72)87(59-17-11-5)60-18-12-6/h19-54H,7-18,55-60H2,1-6H3. The molecule has 0 atom stereocenters. The molecule has 0 fully saturated rings. The lowest BCUT2D eigenvalue weighted by Gasteiger charge is -2.24. The van der Waals surface area contributed by atoms with Gasteiger partial charge in [-0.3, -0.25) is 0 Å². The third-order valence-electron chi connectivity index (χ3n) is 16.0. The van der Waals surface area contributed by atoms with Gasteiger partial charge in [0.1, 0.15) is 18.2 Å². The van der Waals surface area contributed by atoms with Crippen LogP contribution in [0.4, 0.5) is 17.1 Å². The molecule has 7 aromatic carbocycles. The van der Waals surface area contributed by atoms with Gasteiger partial charge in [-0.05, 0) is 125 Å². The lowest BCUT2D eigenvalue weighted by atomic mass is 9.86. The number of hydrogen-bond acceptors (Lipinski definition) is 6. The molecule has 0 unspecified atom stereocenters. The number of rotatable bonds is 33. The normalized spacial score (nSPS) is 11.6. The van der Waals surface area contributed by atoms with E-state index in [-0.39, 0.29) is 16.7 Å². The molecule has 7 rings (SSSR count). The Morgan fingerprint density at radius 2 is 0.391 bits per heavy atom. The minimum Gasteiger partial charge on any atom is -0.372 e. The van der Waals surface area contributed by atoms with Crippen LogP contribution in [0.25, 0.3) is 72.9 Å². The SMILES string of the molecule is CCCCN(CCCC)c1ccc(C=Cc2ccc(C=Cc3c(C#N)c(C=Cc4ccc(C=Cc5ccc(N(CCCC)CCCC)cc5)cc4)c(C#N)c(C=Cc4ccc(C=Cc5ccc(N(CCCC)CCCC)cc5)cc4)c3C#N)cc2)cc1. The Labute approximate surface area is 522 Å². The quantitative estimate of drug-likeness (QED) is 0.0381. The van der Waals surface area contributed by atoms with Gasteiger partial charge >= 0.3 is 0 Å². The van der Waals surface area contributed by atoms with E-state index in [0.717, 1.165) is 89.3 Å². The molecule has 0 bridgehead atoms. The highest BCUT2D eigenvalue weighted by Gasteiger charge is 2.21. The highest BCUT2D eigenvalue weighted by molar-refractivity contribution is 5.90. The molecular formula is C81H90N6. The molecule has 0 aliphatic carbocycles. The molecule has 0 saturated heterocycles. The van der Waals surface area contributed by atoms with Crippen LogP contribution in [0.1, 0.15) is 202 Å². The monoisotopic (exact) mass is 1150 g/mol. The Balaban J connectivity index is 1.15. The fraction of sp³-hybridized carbons (Fsp3) is 0.296. The molecule has 0 radical (unpaired) electrons. The summed E-state index contributed by atoms with van der Waals surface area (Å²) in [5, 5.41) is 33.0. The zero-order valence-corrected chi connectivity index (χ0v) is 52.7. The maximum absolute atomic E-state index is 11.0. The van der Waals surface area contributed by atoms with Crippen LogP contribution in [0.3, 0.4) is 0 Å². The third-order valence-corrected chi connectivity index (χ3v) is 16.0. The van der Waals surface area contributed by atoms with Crippen molar-refractivity contribution >= 4 is 90.0 Å². The summed E-state index contributed by atoms with van der Waals surface area (Å²) in [5.41, 5.74) is 15.3. The second kappa shape index (κ2) is 36.0. The van der Waals surface area contributed by atoms with E-state index in [9.17, 15) is 15.8 Å². The van der Waals surface area contributed by atoms with E-state index in [2.05, 4.69) is 220 Å². The van der Waals surface area contributed by atoms with Gasteiger partial charge in [-0.1, -0.05) is 262 Å². The van der Waals surface area contributed by atoms with Crippen molar-refractivity contribution in [3.63, 3.8) is 0 Å². The number of unbranched alkanes of at least 4 members (excludes halogenated alkanes) is 6. The van der Waals surface area contributed by atoms with Gasteiger partial charge in [0.25, 0.3) is 0 Å². The van der Waals surface area contributed by atoms with Crippen LogP contribution in [-0.4, -0.2) is 39.3 Å². The van der Waals surface area contributed by atoms with Gasteiger partial charge in [-0.25, -0.2) is 0 Å². The first-order valence-corrected chi connectivity index (χ1v) is 32.1. The molecular weight excluding hydrogens is 1060 g/mol. The van der Waals surface area contributed by atoms with Crippen molar-refractivity contribution in [1.29, 1.82) is 15.8 Å². The second-order valence-electron chi connectivity index (χ2n) is 22.6. The molecule has 0 N–H and O–H groups in total. The summed E-state index contributed by atoms with van der Waals surface area (Å²) < 4.78 is 0. The summed E-state index contributed by atoms with van der Waals surface area (Å²) in [5.74, 6) is 0. The molecule has 0 amide bonds. The summed E-state index contributed by atoms with van der Waals surface area (Å²) in [4.78, 5) is 7.51. The van der Waals surface area contributed by atoms with Crippen LogP contribution in [-0.2, 0) is 0 Å². The van der Waals surface area contributed by atoms with E-state index < -0.39 is 0 Å². The molecule has 6 nitrogen and oxygen atoms in total. The van der Waals surface area contributed by atoms with Crippen molar-refractivity contribution in [2.75, 3.05) is 54.0 Å². The van der Waals surface area contributed by atoms with Gasteiger partial charge in [-0.2, -0.15) is 15.8 Å². The second-order valence-corrected chi connectivity index (χ2v) is 22.6. The van der Waals surface area contributed by atoms with E-state index >= 15 is 0 Å². The van der Waals surface area contributed by atoms with Crippen LogP contribution in [0.15, 0.2) is 146 Å². The molecule has 0 aliphatic rings. The fourth-order valence-electron chi connectivity index (χ4n) is 10.5. The van der Waals surface area contributed by atoms with Crippen molar-refractivity contribution < 1.29 is 0 Å². The number of hydrogen-bond donors (Lipinski definition) is 0. The first-order valence-electron chi connectivity index (χ1n) is 32.1. The van der Waals surface area contributed by atoms with Crippen molar-refractivity contribution in [1.82, 2.24) is 0 Å². The third kappa shape index (κ3) is 20.0. The Morgan fingerprint density at radius 1 is 0.241 bits per heavy atom. The van der Waals surface area contributed by atoms with E-state index in [0.29, 0.717) is 16.7 Å².